The number of aryl methyl sites for hydroxylation is 1. The van der Waals surface area contributed by atoms with Crippen molar-refractivity contribution in [2.24, 2.45) is 0 Å². The van der Waals surface area contributed by atoms with Gasteiger partial charge in [-0.2, -0.15) is 0 Å². The fraction of sp³-hybridized carbons (Fsp3) is 0.375. The van der Waals surface area contributed by atoms with Crippen molar-refractivity contribution in [1.29, 1.82) is 0 Å². The van der Waals surface area contributed by atoms with Gasteiger partial charge in [0.2, 0.25) is 0 Å². The quantitative estimate of drug-likeness (QED) is 0.476. The van der Waals surface area contributed by atoms with Gasteiger partial charge in [-0.25, -0.2) is 0 Å². The minimum absolute atomic E-state index is 0.0199. The van der Waals surface area contributed by atoms with Gasteiger partial charge in [0, 0.05) is 0 Å². The van der Waals surface area contributed by atoms with Crippen molar-refractivity contribution < 1.29 is 9.84 Å². The van der Waals surface area contributed by atoms with E-state index in [1.54, 1.807) is 0 Å². The Morgan fingerprint density at radius 3 is 2.78 bits per heavy atom. The number of rotatable bonds is 7. The number of aliphatic hydroxyl groups is 1. The minimum atomic E-state index is -0.477. The van der Waals surface area contributed by atoms with Gasteiger partial charge in [0.1, 0.15) is 0 Å². The maximum atomic E-state index is 12.2. The van der Waals surface area contributed by atoms with Gasteiger partial charge in [-0.3, -0.25) is 0 Å². The predicted octanol–water partition coefficient (Wildman–Crippen LogP) is -0.971. The van der Waals surface area contributed by atoms with Crippen LogP contribution in [0.2, 0.25) is 0 Å². The van der Waals surface area contributed by atoms with Crippen molar-refractivity contribution in [2.45, 2.75) is 27.0 Å². The van der Waals surface area contributed by atoms with E-state index in [0.717, 1.165) is 14.6 Å². The molecule has 0 radical (unpaired) electrons. The first-order chi connectivity index (χ1) is 11.1. The second kappa shape index (κ2) is 8.26. The Labute approximate surface area is 140 Å². The van der Waals surface area contributed by atoms with Gasteiger partial charge in [-0.1, -0.05) is 0 Å². The summed E-state index contributed by atoms with van der Waals surface area (Å²) in [6.45, 7) is 3.95. The number of hydrogen-bond donors (Lipinski definition) is 2. The Bertz CT molecular complexity index is 782. The van der Waals surface area contributed by atoms with E-state index in [1.807, 2.05) is 32.0 Å². The molecule has 2 aromatic rings. The molecular weight excluding hydrogens is 363 g/mol. The molecule has 1 aromatic heterocycles. The van der Waals surface area contributed by atoms with Gasteiger partial charge >= 0.3 is 140 Å². The molecule has 124 valence electrons. The number of H-pyrrole nitrogens is 1. The average Bonchev–Trinajstić information content (AvgIpc) is 2.50. The number of aliphatic hydroxyl groups excluding tert-OH is 1. The first kappa shape index (κ1) is 17.7. The molecule has 6 nitrogen and oxygen atoms in total. The van der Waals surface area contributed by atoms with Gasteiger partial charge in [0.05, 0.1) is 0 Å². The van der Waals surface area contributed by atoms with E-state index < -0.39 is 5.69 Å². The van der Waals surface area contributed by atoms with E-state index in [0.29, 0.717) is 12.0 Å². The Morgan fingerprint density at radius 2 is 2.13 bits per heavy atom. The summed E-state index contributed by atoms with van der Waals surface area (Å²) in [4.78, 5) is 26.6. The summed E-state index contributed by atoms with van der Waals surface area (Å²) >= 11 is -0.187. The molecule has 2 rings (SSSR count). The summed E-state index contributed by atoms with van der Waals surface area (Å²) in [7, 11) is 0. The summed E-state index contributed by atoms with van der Waals surface area (Å²) in [5.41, 5.74) is 0.937. The molecule has 0 aliphatic heterocycles. The molecule has 1 aromatic carbocycles. The molecule has 0 unspecified atom stereocenters. The molecule has 7 heteroatoms. The van der Waals surface area contributed by atoms with Crippen LogP contribution in [0.25, 0.3) is 0 Å². The standard InChI is InChI=1S/C16H20N2O4Se/c1-3-13-14(20)17-16(21)18(10-22-8-7-19)15(13)23-12-6-4-5-11(2)9-12/h4-6,9,19H,3,7-8,10H2,1-2H3,(H,17,20,21). The number of nitrogens with one attached hydrogen (secondary N) is 1. The summed E-state index contributed by atoms with van der Waals surface area (Å²) in [6, 6.07) is 8.03. The Morgan fingerprint density at radius 1 is 1.35 bits per heavy atom. The van der Waals surface area contributed by atoms with E-state index in [1.165, 1.54) is 4.57 Å². The fourth-order valence-corrected chi connectivity index (χ4v) is 4.71. The van der Waals surface area contributed by atoms with Crippen molar-refractivity contribution in [3.8, 4) is 0 Å². The molecule has 0 saturated carbocycles. The third-order valence-electron chi connectivity index (χ3n) is 3.26. The summed E-state index contributed by atoms with van der Waals surface area (Å²) in [5, 5.41) is 8.83. The number of aromatic nitrogens is 2. The number of benzene rings is 1. The van der Waals surface area contributed by atoms with Crippen LogP contribution in [0, 0.1) is 6.92 Å². The van der Waals surface area contributed by atoms with Crippen LogP contribution in [-0.2, 0) is 17.9 Å². The van der Waals surface area contributed by atoms with Crippen LogP contribution in [0.15, 0.2) is 33.9 Å². The molecular formula is C16H20N2O4Se. The first-order valence-electron chi connectivity index (χ1n) is 7.36. The summed E-state index contributed by atoms with van der Waals surface area (Å²) in [5.74, 6) is 0. The maximum absolute atomic E-state index is 12.2. The third kappa shape index (κ3) is 4.42. The van der Waals surface area contributed by atoms with Gasteiger partial charge in [-0.05, 0) is 0 Å². The van der Waals surface area contributed by atoms with Gasteiger partial charge in [0.25, 0.3) is 0 Å². The zero-order chi connectivity index (χ0) is 16.8. The Hall–Kier alpha value is -1.66. The van der Waals surface area contributed by atoms with Crippen LogP contribution in [0.1, 0.15) is 18.1 Å². The molecule has 0 aliphatic carbocycles. The zero-order valence-electron chi connectivity index (χ0n) is 13.2. The Kier molecular flexibility index (Phi) is 6.36. The second-order valence-corrected chi connectivity index (χ2v) is 7.23. The van der Waals surface area contributed by atoms with Gasteiger partial charge in [0.15, 0.2) is 0 Å². The average molecular weight is 383 g/mol. The Balaban J connectivity index is 2.48. The van der Waals surface area contributed by atoms with Crippen molar-refractivity contribution in [3.63, 3.8) is 0 Å². The predicted molar refractivity (Wildman–Crippen MR) is 89.9 cm³/mol. The van der Waals surface area contributed by atoms with Crippen molar-refractivity contribution in [2.75, 3.05) is 13.2 Å². The number of ether oxygens (including phenoxy) is 1. The molecule has 0 saturated heterocycles. The van der Waals surface area contributed by atoms with Gasteiger partial charge < -0.3 is 0 Å². The topological polar surface area (TPSA) is 84.3 Å². The molecule has 2 N–H and O–H groups in total. The van der Waals surface area contributed by atoms with E-state index in [-0.39, 0.29) is 40.5 Å². The molecule has 0 amide bonds. The van der Waals surface area contributed by atoms with Crippen molar-refractivity contribution >= 4 is 24.0 Å². The molecule has 0 bridgehead atoms. The molecule has 0 spiro atoms. The monoisotopic (exact) mass is 384 g/mol. The van der Waals surface area contributed by atoms with Crippen LogP contribution in [0.5, 0.6) is 0 Å². The second-order valence-electron chi connectivity index (χ2n) is 5.00. The SMILES string of the molecule is CCc1c([Se]c2cccc(C)c2)n(COCCO)c(=O)[nH]c1=O. The van der Waals surface area contributed by atoms with Crippen molar-refractivity contribution in [3.05, 3.63) is 56.2 Å². The number of nitrogens with zero attached hydrogens (tertiary/aromatic N) is 1. The van der Waals surface area contributed by atoms with Crippen LogP contribution in [-0.4, -0.2) is 42.8 Å². The fourth-order valence-electron chi connectivity index (χ4n) is 2.15. The summed E-state index contributed by atoms with van der Waals surface area (Å²) in [6.07, 6.45) is 0.540. The molecule has 0 fully saturated rings. The zero-order valence-corrected chi connectivity index (χ0v) is 14.9. The molecule has 1 heterocycles. The van der Waals surface area contributed by atoms with Crippen LogP contribution in [0.3, 0.4) is 0 Å². The van der Waals surface area contributed by atoms with E-state index in [4.69, 9.17) is 9.84 Å². The van der Waals surface area contributed by atoms with E-state index >= 15 is 0 Å². The number of aromatic amines is 1. The normalized spacial score (nSPS) is 10.9. The van der Waals surface area contributed by atoms with E-state index in [9.17, 15) is 9.59 Å². The van der Waals surface area contributed by atoms with Crippen LogP contribution >= 0.6 is 0 Å². The third-order valence-corrected chi connectivity index (χ3v) is 5.67. The van der Waals surface area contributed by atoms with Crippen LogP contribution in [0.4, 0.5) is 0 Å². The van der Waals surface area contributed by atoms with Gasteiger partial charge in [-0.15, -0.1) is 0 Å². The molecule has 23 heavy (non-hydrogen) atoms. The van der Waals surface area contributed by atoms with E-state index in [2.05, 4.69) is 11.1 Å². The molecule has 0 aliphatic rings. The molecule has 0 atom stereocenters. The van der Waals surface area contributed by atoms with Crippen molar-refractivity contribution in [1.82, 2.24) is 9.55 Å². The van der Waals surface area contributed by atoms with Crippen LogP contribution < -0.4 is 20.3 Å². The number of hydrogen-bond acceptors (Lipinski definition) is 4. The first-order valence-corrected chi connectivity index (χ1v) is 9.07. The summed E-state index contributed by atoms with van der Waals surface area (Å²) < 4.78 is 8.56.